The number of fused-ring (bicyclic) bond motifs is 1. The van der Waals surface area contributed by atoms with E-state index in [0.717, 1.165) is 17.2 Å². The van der Waals surface area contributed by atoms with Crippen LogP contribution in [0.4, 0.5) is 0 Å². The molecule has 2 fully saturated rings. The van der Waals surface area contributed by atoms with Crippen molar-refractivity contribution in [1.29, 1.82) is 0 Å². The Morgan fingerprint density at radius 1 is 1.08 bits per heavy atom. The molecule has 2 heterocycles. The van der Waals surface area contributed by atoms with Gasteiger partial charge in [0.25, 0.3) is 0 Å². The SMILES string of the molecule is COc1cc2nn(C3CCC(CN4CCN(C)CC4)CC3)cc2cc1C. The van der Waals surface area contributed by atoms with E-state index < -0.39 is 0 Å². The lowest BCUT2D eigenvalue weighted by atomic mass is 9.85. The molecule has 0 amide bonds. The Kier molecular flexibility index (Phi) is 5.18. The van der Waals surface area contributed by atoms with Crippen molar-refractivity contribution in [2.75, 3.05) is 46.9 Å². The van der Waals surface area contributed by atoms with E-state index >= 15 is 0 Å². The minimum atomic E-state index is 0.553. The molecule has 1 aromatic heterocycles. The summed E-state index contributed by atoms with van der Waals surface area (Å²) in [6.07, 6.45) is 7.39. The first kappa shape index (κ1) is 17.8. The molecule has 5 nitrogen and oxygen atoms in total. The normalized spacial score (nSPS) is 25.7. The number of aromatic nitrogens is 2. The minimum Gasteiger partial charge on any atom is -0.496 e. The monoisotopic (exact) mass is 356 g/mol. The zero-order chi connectivity index (χ0) is 18.1. The molecule has 0 unspecified atom stereocenters. The van der Waals surface area contributed by atoms with E-state index in [1.807, 2.05) is 0 Å². The summed E-state index contributed by atoms with van der Waals surface area (Å²) in [5.74, 6) is 1.79. The predicted octanol–water partition coefficient (Wildman–Crippen LogP) is 3.33. The molecule has 1 aliphatic carbocycles. The summed E-state index contributed by atoms with van der Waals surface area (Å²) in [6, 6.07) is 4.81. The standard InChI is InChI=1S/C21H32N4O/c1-16-12-18-15-25(22-20(18)13-21(16)26-3)19-6-4-17(5-7-19)14-24-10-8-23(2)9-11-24/h12-13,15,17,19H,4-11,14H2,1-3H3. The third-order valence-corrected chi connectivity index (χ3v) is 6.34. The molecule has 1 aliphatic heterocycles. The Hall–Kier alpha value is -1.59. The van der Waals surface area contributed by atoms with Gasteiger partial charge in [0.1, 0.15) is 5.75 Å². The smallest absolute Gasteiger partial charge is 0.124 e. The topological polar surface area (TPSA) is 33.5 Å². The lowest BCUT2D eigenvalue weighted by Crippen LogP contribution is -2.46. The van der Waals surface area contributed by atoms with Crippen molar-refractivity contribution in [1.82, 2.24) is 19.6 Å². The fraction of sp³-hybridized carbons (Fsp3) is 0.667. The Morgan fingerprint density at radius 2 is 1.81 bits per heavy atom. The van der Waals surface area contributed by atoms with Gasteiger partial charge in [-0.3, -0.25) is 4.68 Å². The second-order valence-electron chi connectivity index (χ2n) is 8.27. The van der Waals surface area contributed by atoms with E-state index in [-0.39, 0.29) is 0 Å². The predicted molar refractivity (Wildman–Crippen MR) is 106 cm³/mol. The number of nitrogens with zero attached hydrogens (tertiary/aromatic N) is 4. The maximum atomic E-state index is 5.44. The van der Waals surface area contributed by atoms with Crippen LogP contribution in [0.2, 0.25) is 0 Å². The number of likely N-dealkylation sites (N-methyl/N-ethyl adjacent to an activating group) is 1. The van der Waals surface area contributed by atoms with Crippen molar-refractivity contribution >= 4 is 10.9 Å². The second-order valence-corrected chi connectivity index (χ2v) is 8.27. The second kappa shape index (κ2) is 7.57. The largest absolute Gasteiger partial charge is 0.496 e. The highest BCUT2D eigenvalue weighted by atomic mass is 16.5. The molecule has 1 saturated carbocycles. The Labute approximate surface area is 156 Å². The van der Waals surface area contributed by atoms with Crippen molar-refractivity contribution in [3.05, 3.63) is 23.9 Å². The van der Waals surface area contributed by atoms with E-state index in [2.05, 4.69) is 46.8 Å². The molecule has 0 N–H and O–H groups in total. The van der Waals surface area contributed by atoms with Crippen LogP contribution in [0.25, 0.3) is 10.9 Å². The van der Waals surface area contributed by atoms with E-state index in [1.165, 1.54) is 69.4 Å². The van der Waals surface area contributed by atoms with Crippen LogP contribution in [-0.4, -0.2) is 66.5 Å². The summed E-state index contributed by atoms with van der Waals surface area (Å²) in [7, 11) is 3.96. The third-order valence-electron chi connectivity index (χ3n) is 6.34. The lowest BCUT2D eigenvalue weighted by molar-refractivity contribution is 0.118. The first-order valence-corrected chi connectivity index (χ1v) is 10.1. The van der Waals surface area contributed by atoms with Gasteiger partial charge in [0.15, 0.2) is 0 Å². The molecule has 2 aliphatic rings. The van der Waals surface area contributed by atoms with Crippen LogP contribution < -0.4 is 4.74 Å². The van der Waals surface area contributed by atoms with Gasteiger partial charge in [-0.25, -0.2) is 0 Å². The summed E-state index contributed by atoms with van der Waals surface area (Å²) in [6.45, 7) is 8.30. The van der Waals surface area contributed by atoms with Gasteiger partial charge < -0.3 is 14.5 Å². The Bertz CT molecular complexity index is 740. The molecule has 26 heavy (non-hydrogen) atoms. The molecule has 0 spiro atoms. The number of benzene rings is 1. The molecule has 5 heteroatoms. The fourth-order valence-corrected chi connectivity index (χ4v) is 4.58. The molecule has 1 aromatic carbocycles. The van der Waals surface area contributed by atoms with Crippen LogP contribution in [-0.2, 0) is 0 Å². The molecular weight excluding hydrogens is 324 g/mol. The molecule has 0 atom stereocenters. The van der Waals surface area contributed by atoms with Crippen molar-refractivity contribution in [3.63, 3.8) is 0 Å². The van der Waals surface area contributed by atoms with Gasteiger partial charge in [0, 0.05) is 50.4 Å². The number of rotatable bonds is 4. The highest BCUT2D eigenvalue weighted by molar-refractivity contribution is 5.81. The summed E-state index contributed by atoms with van der Waals surface area (Å²) < 4.78 is 7.66. The minimum absolute atomic E-state index is 0.553. The van der Waals surface area contributed by atoms with Crippen LogP contribution in [0.3, 0.4) is 0 Å². The van der Waals surface area contributed by atoms with Gasteiger partial charge in [0.2, 0.25) is 0 Å². The molecule has 0 radical (unpaired) electrons. The maximum Gasteiger partial charge on any atom is 0.124 e. The van der Waals surface area contributed by atoms with Gasteiger partial charge in [-0.15, -0.1) is 0 Å². The first-order chi connectivity index (χ1) is 12.6. The molecule has 4 rings (SSSR count). The lowest BCUT2D eigenvalue weighted by Gasteiger charge is -2.37. The number of hydrogen-bond donors (Lipinski definition) is 0. The van der Waals surface area contributed by atoms with Crippen LogP contribution in [0.1, 0.15) is 37.3 Å². The first-order valence-electron chi connectivity index (χ1n) is 10.1. The molecular formula is C21H32N4O. The number of methoxy groups -OCH3 is 1. The molecule has 142 valence electrons. The van der Waals surface area contributed by atoms with Crippen molar-refractivity contribution in [2.24, 2.45) is 5.92 Å². The maximum absolute atomic E-state index is 5.44. The van der Waals surface area contributed by atoms with Crippen molar-refractivity contribution in [3.8, 4) is 5.75 Å². The average Bonchev–Trinajstić information content (AvgIpc) is 3.06. The Balaban J connectivity index is 1.36. The van der Waals surface area contributed by atoms with Gasteiger partial charge in [0.05, 0.1) is 18.7 Å². The molecule has 1 saturated heterocycles. The van der Waals surface area contributed by atoms with E-state index in [0.29, 0.717) is 6.04 Å². The highest BCUT2D eigenvalue weighted by Gasteiger charge is 2.25. The average molecular weight is 357 g/mol. The Morgan fingerprint density at radius 3 is 2.50 bits per heavy atom. The number of aryl methyl sites for hydroxylation is 1. The quantitative estimate of drug-likeness (QED) is 0.841. The van der Waals surface area contributed by atoms with Gasteiger partial charge >= 0.3 is 0 Å². The zero-order valence-electron chi connectivity index (χ0n) is 16.4. The summed E-state index contributed by atoms with van der Waals surface area (Å²) in [5.41, 5.74) is 2.22. The van der Waals surface area contributed by atoms with Crippen LogP contribution >= 0.6 is 0 Å². The van der Waals surface area contributed by atoms with Crippen LogP contribution in [0, 0.1) is 12.8 Å². The van der Waals surface area contributed by atoms with Crippen molar-refractivity contribution in [2.45, 2.75) is 38.6 Å². The number of ether oxygens (including phenoxy) is 1. The fourth-order valence-electron chi connectivity index (χ4n) is 4.58. The summed E-state index contributed by atoms with van der Waals surface area (Å²) >= 11 is 0. The van der Waals surface area contributed by atoms with Crippen LogP contribution in [0.5, 0.6) is 5.75 Å². The highest BCUT2D eigenvalue weighted by Crippen LogP contribution is 2.34. The van der Waals surface area contributed by atoms with E-state index in [9.17, 15) is 0 Å². The summed E-state index contributed by atoms with van der Waals surface area (Å²) in [5, 5.41) is 6.08. The zero-order valence-corrected chi connectivity index (χ0v) is 16.4. The van der Waals surface area contributed by atoms with Crippen molar-refractivity contribution < 1.29 is 4.74 Å². The number of hydrogen-bond acceptors (Lipinski definition) is 4. The molecule has 2 aromatic rings. The van der Waals surface area contributed by atoms with Gasteiger partial charge in [-0.05, 0) is 57.2 Å². The van der Waals surface area contributed by atoms with Gasteiger partial charge in [-0.2, -0.15) is 5.10 Å². The third kappa shape index (κ3) is 3.74. The van der Waals surface area contributed by atoms with E-state index in [4.69, 9.17) is 9.84 Å². The summed E-state index contributed by atoms with van der Waals surface area (Å²) in [4.78, 5) is 5.11. The molecule has 0 bridgehead atoms. The van der Waals surface area contributed by atoms with Gasteiger partial charge in [-0.1, -0.05) is 0 Å². The number of piperazine rings is 1. The van der Waals surface area contributed by atoms with E-state index in [1.54, 1.807) is 7.11 Å². The van der Waals surface area contributed by atoms with Crippen LogP contribution in [0.15, 0.2) is 18.3 Å².